The van der Waals surface area contributed by atoms with Gasteiger partial charge in [-0.1, -0.05) is 24.2 Å². The Morgan fingerprint density at radius 3 is 2.49 bits per heavy atom. The van der Waals surface area contributed by atoms with Crippen molar-refractivity contribution in [2.45, 2.75) is 58.5 Å². The molecule has 2 aromatic carbocycles. The summed E-state index contributed by atoms with van der Waals surface area (Å²) in [6.07, 6.45) is 0.717. The largest absolute Gasteiger partial charge is 0.488 e. The highest BCUT2D eigenvalue weighted by Crippen LogP contribution is 2.38. The number of nitrogens with one attached hydrogen (secondary N) is 1. The average Bonchev–Trinajstić information content (AvgIpc) is 3.57. The Hall–Kier alpha value is -4.26. The number of pyridine rings is 1. The number of anilines is 1. The third kappa shape index (κ3) is 6.87. The lowest BCUT2D eigenvalue weighted by atomic mass is 9.99. The van der Waals surface area contributed by atoms with E-state index in [0.29, 0.717) is 40.0 Å². The van der Waals surface area contributed by atoms with Crippen LogP contribution in [0.25, 0.3) is 22.0 Å². The van der Waals surface area contributed by atoms with E-state index >= 15 is 0 Å². The van der Waals surface area contributed by atoms with E-state index in [1.807, 2.05) is 44.2 Å². The van der Waals surface area contributed by atoms with Gasteiger partial charge in [-0.05, 0) is 81.1 Å². The molecule has 0 unspecified atom stereocenters. The van der Waals surface area contributed by atoms with E-state index in [0.717, 1.165) is 32.8 Å². The molecule has 0 saturated heterocycles. The number of fused-ring (bicyclic) bond motifs is 1. The number of ether oxygens (including phenoxy) is 3. The molecule has 236 valence electrons. The lowest BCUT2D eigenvalue weighted by Crippen LogP contribution is -2.13. The van der Waals surface area contributed by atoms with E-state index in [2.05, 4.69) is 9.88 Å². The number of nitrogens with zero attached hydrogens (tertiary/aromatic N) is 2. The molecule has 1 N–H and O–H groups in total. The summed E-state index contributed by atoms with van der Waals surface area (Å²) in [4.78, 5) is 17.9. The van der Waals surface area contributed by atoms with Crippen LogP contribution < -0.4 is 9.46 Å². The van der Waals surface area contributed by atoms with Gasteiger partial charge >= 0.3 is 5.97 Å². The minimum atomic E-state index is -3.97. The zero-order valence-corrected chi connectivity index (χ0v) is 27.6. The Balaban J connectivity index is 1.47. The summed E-state index contributed by atoms with van der Waals surface area (Å²) in [5.74, 6) is 0.904. The molecule has 5 rings (SSSR count). The lowest BCUT2D eigenvalue weighted by Gasteiger charge is -2.15. The number of esters is 1. The summed E-state index contributed by atoms with van der Waals surface area (Å²) < 4.78 is 52.1. The maximum absolute atomic E-state index is 13.6. The van der Waals surface area contributed by atoms with E-state index in [1.165, 1.54) is 11.3 Å². The third-order valence-corrected chi connectivity index (χ3v) is 10.2. The first-order valence-electron chi connectivity index (χ1n) is 14.4. The zero-order chi connectivity index (χ0) is 32.3. The Kier molecular flexibility index (Phi) is 9.56. The second-order valence-electron chi connectivity index (χ2n) is 10.5. The SMILES string of the molecule is CCOC(=O)c1ccc2nc(CC)cc(OCc3ccc(-c4cc(C)sc4S(=O)(=O)Nc4noc(C)c4C)c(COC)c3)c2c1. The van der Waals surface area contributed by atoms with Crippen molar-refractivity contribution in [3.63, 3.8) is 0 Å². The fourth-order valence-electron chi connectivity index (χ4n) is 4.89. The summed E-state index contributed by atoms with van der Waals surface area (Å²) in [6.45, 7) is 9.89. The predicted molar refractivity (Wildman–Crippen MR) is 173 cm³/mol. The molecular formula is C33H35N3O7S2. The van der Waals surface area contributed by atoms with Crippen molar-refractivity contribution in [3.05, 3.63) is 87.1 Å². The molecule has 5 aromatic rings. The number of benzene rings is 2. The molecule has 0 saturated carbocycles. The molecule has 0 bridgehead atoms. The number of carbonyl (C=O) groups is 1. The first kappa shape index (κ1) is 32.1. The summed E-state index contributed by atoms with van der Waals surface area (Å²) in [5, 5.41) is 4.58. The van der Waals surface area contributed by atoms with Crippen molar-refractivity contribution in [2.75, 3.05) is 18.4 Å². The predicted octanol–water partition coefficient (Wildman–Crippen LogP) is 7.14. The highest BCUT2D eigenvalue weighted by Gasteiger charge is 2.26. The molecule has 3 heterocycles. The number of aromatic nitrogens is 2. The summed E-state index contributed by atoms with van der Waals surface area (Å²) in [7, 11) is -2.37. The van der Waals surface area contributed by atoms with Gasteiger partial charge in [0.15, 0.2) is 5.82 Å². The molecule has 0 atom stereocenters. The maximum Gasteiger partial charge on any atom is 0.338 e. The van der Waals surface area contributed by atoms with Crippen LogP contribution in [0.15, 0.2) is 57.3 Å². The molecule has 0 amide bonds. The average molecular weight is 650 g/mol. The second-order valence-corrected chi connectivity index (χ2v) is 13.6. The van der Waals surface area contributed by atoms with Crippen molar-refractivity contribution in [3.8, 4) is 16.9 Å². The normalized spacial score (nSPS) is 11.6. The molecule has 45 heavy (non-hydrogen) atoms. The van der Waals surface area contributed by atoms with Crippen LogP contribution in [0.2, 0.25) is 0 Å². The zero-order valence-electron chi connectivity index (χ0n) is 26.0. The molecule has 0 aliphatic rings. The summed E-state index contributed by atoms with van der Waals surface area (Å²) in [5.41, 5.74) is 5.61. The van der Waals surface area contributed by atoms with Crippen molar-refractivity contribution >= 4 is 44.1 Å². The van der Waals surface area contributed by atoms with Gasteiger partial charge in [-0.2, -0.15) is 0 Å². The monoisotopic (exact) mass is 649 g/mol. The van der Waals surface area contributed by atoms with E-state index in [1.54, 1.807) is 46.1 Å². The van der Waals surface area contributed by atoms with Crippen LogP contribution in [0.1, 0.15) is 57.2 Å². The highest BCUT2D eigenvalue weighted by atomic mass is 32.2. The van der Waals surface area contributed by atoms with Crippen LogP contribution in [0.3, 0.4) is 0 Å². The first-order chi connectivity index (χ1) is 21.5. The number of methoxy groups -OCH3 is 1. The van der Waals surface area contributed by atoms with Gasteiger partial charge in [-0.15, -0.1) is 11.3 Å². The Morgan fingerprint density at radius 2 is 1.80 bits per heavy atom. The number of hydrogen-bond donors (Lipinski definition) is 1. The fraction of sp³-hybridized carbons (Fsp3) is 0.303. The third-order valence-electron chi connectivity index (χ3n) is 7.30. The van der Waals surface area contributed by atoms with Crippen LogP contribution >= 0.6 is 11.3 Å². The maximum atomic E-state index is 13.6. The van der Waals surface area contributed by atoms with Crippen LogP contribution in [-0.4, -0.2) is 38.2 Å². The van der Waals surface area contributed by atoms with Gasteiger partial charge in [0.2, 0.25) is 0 Å². The standard InChI is InChI=1S/C33H35N3O7S2/c1-7-25-16-30(28-15-23(32(37)41-8-2)10-12-29(28)34-25)42-17-22-9-11-26(24(14-22)18-40-6)27-13-19(3)44-33(27)45(38,39)36-31-20(4)21(5)43-35-31/h9-16H,7-8,17-18H2,1-6H3,(H,35,36). The Labute approximate surface area is 266 Å². The van der Waals surface area contributed by atoms with E-state index in [4.69, 9.17) is 23.7 Å². The van der Waals surface area contributed by atoms with Crippen molar-refractivity contribution < 1.29 is 31.9 Å². The van der Waals surface area contributed by atoms with Gasteiger partial charge in [0.05, 0.1) is 24.3 Å². The lowest BCUT2D eigenvalue weighted by molar-refractivity contribution is 0.0526. The van der Waals surface area contributed by atoms with E-state index in [-0.39, 0.29) is 29.8 Å². The summed E-state index contributed by atoms with van der Waals surface area (Å²) in [6, 6.07) is 14.7. The number of aryl methyl sites for hydroxylation is 3. The van der Waals surface area contributed by atoms with Crippen LogP contribution in [0.4, 0.5) is 5.82 Å². The fourth-order valence-corrected chi connectivity index (χ4v) is 7.59. The smallest absolute Gasteiger partial charge is 0.338 e. The number of sulfonamides is 1. The molecule has 0 fully saturated rings. The van der Waals surface area contributed by atoms with Gasteiger partial charge in [-0.3, -0.25) is 9.71 Å². The van der Waals surface area contributed by atoms with Gasteiger partial charge in [0, 0.05) is 40.3 Å². The Morgan fingerprint density at radius 1 is 1.00 bits per heavy atom. The molecule has 0 aliphatic carbocycles. The molecular weight excluding hydrogens is 615 g/mol. The van der Waals surface area contributed by atoms with Crippen LogP contribution in [0, 0.1) is 20.8 Å². The van der Waals surface area contributed by atoms with Crippen molar-refractivity contribution in [1.29, 1.82) is 0 Å². The van der Waals surface area contributed by atoms with Crippen LogP contribution in [0.5, 0.6) is 5.75 Å². The van der Waals surface area contributed by atoms with Gasteiger partial charge in [0.25, 0.3) is 10.0 Å². The van der Waals surface area contributed by atoms with Gasteiger partial charge < -0.3 is 18.7 Å². The molecule has 10 nitrogen and oxygen atoms in total. The number of thiophene rings is 1. The van der Waals surface area contributed by atoms with Gasteiger partial charge in [0.1, 0.15) is 22.3 Å². The van der Waals surface area contributed by atoms with Gasteiger partial charge in [-0.25, -0.2) is 13.2 Å². The second kappa shape index (κ2) is 13.4. The van der Waals surface area contributed by atoms with E-state index < -0.39 is 16.0 Å². The molecule has 0 aliphatic heterocycles. The molecule has 0 radical (unpaired) electrons. The summed E-state index contributed by atoms with van der Waals surface area (Å²) >= 11 is 1.18. The highest BCUT2D eigenvalue weighted by molar-refractivity contribution is 7.94. The van der Waals surface area contributed by atoms with E-state index in [9.17, 15) is 13.2 Å². The number of rotatable bonds is 12. The Bertz CT molecular complexity index is 1980. The minimum absolute atomic E-state index is 0.165. The minimum Gasteiger partial charge on any atom is -0.488 e. The quantitative estimate of drug-likeness (QED) is 0.140. The van der Waals surface area contributed by atoms with Crippen LogP contribution in [-0.2, 0) is 39.1 Å². The first-order valence-corrected chi connectivity index (χ1v) is 16.7. The molecule has 0 spiro atoms. The van der Waals surface area contributed by atoms with Crippen molar-refractivity contribution in [2.24, 2.45) is 0 Å². The van der Waals surface area contributed by atoms with Crippen molar-refractivity contribution in [1.82, 2.24) is 10.1 Å². The topological polar surface area (TPSA) is 130 Å². The number of carbonyl (C=O) groups excluding carboxylic acids is 1. The molecule has 12 heteroatoms. The molecule has 3 aromatic heterocycles. The number of hydrogen-bond acceptors (Lipinski definition) is 10.